The first-order valence-corrected chi connectivity index (χ1v) is 10.2. The van der Waals surface area contributed by atoms with E-state index in [1.165, 1.54) is 49.0 Å². The molecule has 0 spiro atoms. The van der Waals surface area contributed by atoms with Crippen molar-refractivity contribution in [3.8, 4) is 5.69 Å². The molecule has 0 bridgehead atoms. The predicted octanol–water partition coefficient (Wildman–Crippen LogP) is 7.85. The summed E-state index contributed by atoms with van der Waals surface area (Å²) in [6, 6.07) is 34.9. The van der Waals surface area contributed by atoms with Crippen LogP contribution < -0.4 is 0 Å². The normalized spacial score (nSPS) is 11.8. The first kappa shape index (κ1) is 15.9. The summed E-state index contributed by atoms with van der Waals surface area (Å²) in [7, 11) is 0. The van der Waals surface area contributed by atoms with E-state index in [2.05, 4.69) is 118 Å². The number of benzene rings is 5. The summed E-state index contributed by atoms with van der Waals surface area (Å²) < 4.78 is 3.48. The third-order valence-corrected chi connectivity index (χ3v) is 6.23. The topological polar surface area (TPSA) is 4.93 Å². The second kappa shape index (κ2) is 5.95. The molecular weight excluding hydrogens is 406 g/mol. The van der Waals surface area contributed by atoms with Crippen molar-refractivity contribution in [3.63, 3.8) is 0 Å². The van der Waals surface area contributed by atoms with Gasteiger partial charge in [0.25, 0.3) is 0 Å². The maximum atomic E-state index is 3.78. The van der Waals surface area contributed by atoms with E-state index in [1.807, 2.05) is 0 Å². The highest BCUT2D eigenvalue weighted by Crippen LogP contribution is 2.36. The van der Waals surface area contributed by atoms with Gasteiger partial charge in [-0.05, 0) is 73.9 Å². The van der Waals surface area contributed by atoms with Crippen LogP contribution >= 0.6 is 15.9 Å². The van der Waals surface area contributed by atoms with Gasteiger partial charge in [0, 0.05) is 20.9 Å². The van der Waals surface area contributed by atoms with Crippen molar-refractivity contribution in [1.29, 1.82) is 0 Å². The Balaban J connectivity index is 1.72. The van der Waals surface area contributed by atoms with Crippen molar-refractivity contribution in [3.05, 3.63) is 102 Å². The highest BCUT2D eigenvalue weighted by molar-refractivity contribution is 9.10. The molecule has 0 amide bonds. The minimum absolute atomic E-state index is 1.11. The van der Waals surface area contributed by atoms with Gasteiger partial charge in [0.1, 0.15) is 0 Å². The summed E-state index contributed by atoms with van der Waals surface area (Å²) in [6.07, 6.45) is 0. The molecule has 6 rings (SSSR count). The van der Waals surface area contributed by atoms with Crippen molar-refractivity contribution in [2.24, 2.45) is 0 Å². The third-order valence-electron chi connectivity index (χ3n) is 5.59. The molecule has 6 aromatic rings. The van der Waals surface area contributed by atoms with E-state index in [9.17, 15) is 0 Å². The molecule has 1 nitrogen and oxygen atoms in total. The van der Waals surface area contributed by atoms with Crippen LogP contribution in [0.15, 0.2) is 102 Å². The van der Waals surface area contributed by atoms with Crippen LogP contribution in [0.1, 0.15) is 0 Å². The lowest BCUT2D eigenvalue weighted by atomic mass is 10.0. The van der Waals surface area contributed by atoms with Crippen LogP contribution in [-0.4, -0.2) is 4.57 Å². The van der Waals surface area contributed by atoms with Crippen LogP contribution in [0.5, 0.6) is 0 Å². The number of hydrogen-bond acceptors (Lipinski definition) is 0. The molecule has 5 aromatic carbocycles. The summed E-state index contributed by atoms with van der Waals surface area (Å²) in [4.78, 5) is 0. The van der Waals surface area contributed by atoms with Crippen LogP contribution in [0.25, 0.3) is 49.0 Å². The van der Waals surface area contributed by atoms with E-state index in [1.54, 1.807) is 0 Å². The van der Waals surface area contributed by atoms with E-state index in [0.717, 1.165) is 4.47 Å². The van der Waals surface area contributed by atoms with Gasteiger partial charge in [-0.15, -0.1) is 0 Å². The maximum absolute atomic E-state index is 3.78. The van der Waals surface area contributed by atoms with Crippen LogP contribution in [0.4, 0.5) is 0 Å². The fourth-order valence-electron chi connectivity index (χ4n) is 4.31. The predicted molar refractivity (Wildman–Crippen MR) is 123 cm³/mol. The number of fused-ring (bicyclic) bond motifs is 5. The fraction of sp³-hybridized carbons (Fsp3) is 0. The second-order valence-corrected chi connectivity index (χ2v) is 8.07. The molecule has 0 aliphatic carbocycles. The van der Waals surface area contributed by atoms with Crippen molar-refractivity contribution in [2.45, 2.75) is 0 Å². The Morgan fingerprint density at radius 2 is 1.21 bits per heavy atom. The first-order valence-electron chi connectivity index (χ1n) is 9.40. The molecule has 28 heavy (non-hydrogen) atoms. The van der Waals surface area contributed by atoms with Gasteiger partial charge < -0.3 is 4.57 Å². The lowest BCUT2D eigenvalue weighted by Gasteiger charge is -2.11. The minimum Gasteiger partial charge on any atom is -0.308 e. The number of hydrogen-bond donors (Lipinski definition) is 0. The van der Waals surface area contributed by atoms with Crippen LogP contribution in [0.2, 0.25) is 0 Å². The maximum Gasteiger partial charge on any atom is 0.0683 e. The molecule has 0 aliphatic rings. The summed E-state index contributed by atoms with van der Waals surface area (Å²) in [5.74, 6) is 0. The number of para-hydroxylation sites is 2. The minimum atomic E-state index is 1.11. The Hall–Kier alpha value is -3.10. The summed E-state index contributed by atoms with van der Waals surface area (Å²) in [5, 5.41) is 7.62. The lowest BCUT2D eigenvalue weighted by Crippen LogP contribution is -1.94. The van der Waals surface area contributed by atoms with Crippen LogP contribution in [0.3, 0.4) is 0 Å². The molecule has 0 saturated heterocycles. The smallest absolute Gasteiger partial charge is 0.0683 e. The number of halogens is 1. The highest BCUT2D eigenvalue weighted by Gasteiger charge is 2.14. The number of rotatable bonds is 1. The Kier molecular flexibility index (Phi) is 3.38. The molecule has 0 aliphatic heterocycles. The zero-order chi connectivity index (χ0) is 18.7. The van der Waals surface area contributed by atoms with Crippen molar-refractivity contribution in [1.82, 2.24) is 4.57 Å². The van der Waals surface area contributed by atoms with Crippen molar-refractivity contribution < 1.29 is 0 Å². The average Bonchev–Trinajstić information content (AvgIpc) is 3.08. The largest absolute Gasteiger partial charge is 0.308 e. The van der Waals surface area contributed by atoms with E-state index >= 15 is 0 Å². The van der Waals surface area contributed by atoms with Gasteiger partial charge in [-0.2, -0.15) is 0 Å². The van der Waals surface area contributed by atoms with Crippen LogP contribution in [0, 0.1) is 0 Å². The molecule has 2 heteroatoms. The molecule has 132 valence electrons. The zero-order valence-corrected chi connectivity index (χ0v) is 16.6. The van der Waals surface area contributed by atoms with E-state index in [-0.39, 0.29) is 0 Å². The van der Waals surface area contributed by atoms with Crippen LogP contribution in [-0.2, 0) is 0 Å². The Labute approximate surface area is 171 Å². The molecule has 0 saturated carbocycles. The Morgan fingerprint density at radius 1 is 0.536 bits per heavy atom. The quantitative estimate of drug-likeness (QED) is 0.238. The highest BCUT2D eigenvalue weighted by atomic mass is 79.9. The summed E-state index contributed by atoms with van der Waals surface area (Å²) in [6.45, 7) is 0. The number of nitrogens with zero attached hydrogens (tertiary/aromatic N) is 1. The molecule has 0 radical (unpaired) electrons. The first-order chi connectivity index (χ1) is 13.8. The van der Waals surface area contributed by atoms with Gasteiger partial charge >= 0.3 is 0 Å². The Morgan fingerprint density at radius 3 is 2.07 bits per heavy atom. The SMILES string of the molecule is Brc1cccc2c3ccccc3n(-c3ccc4cc5ccccc5cc4c3)c12. The molecule has 0 N–H and O–H groups in total. The van der Waals surface area contributed by atoms with Gasteiger partial charge in [-0.1, -0.05) is 60.7 Å². The summed E-state index contributed by atoms with van der Waals surface area (Å²) in [5.41, 5.74) is 3.62. The molecular formula is C26H16BrN. The molecule has 1 aromatic heterocycles. The zero-order valence-electron chi connectivity index (χ0n) is 15.1. The van der Waals surface area contributed by atoms with Gasteiger partial charge in [-0.3, -0.25) is 0 Å². The van der Waals surface area contributed by atoms with Gasteiger partial charge in [0.2, 0.25) is 0 Å². The molecule has 0 atom stereocenters. The average molecular weight is 422 g/mol. The molecule has 1 heterocycles. The van der Waals surface area contributed by atoms with E-state index in [0.29, 0.717) is 0 Å². The van der Waals surface area contributed by atoms with Gasteiger partial charge in [0.05, 0.1) is 11.0 Å². The van der Waals surface area contributed by atoms with Crippen molar-refractivity contribution >= 4 is 59.3 Å². The van der Waals surface area contributed by atoms with Gasteiger partial charge in [0.15, 0.2) is 0 Å². The third kappa shape index (κ3) is 2.25. The van der Waals surface area contributed by atoms with Crippen molar-refractivity contribution in [2.75, 3.05) is 0 Å². The molecule has 0 fully saturated rings. The summed E-state index contributed by atoms with van der Waals surface area (Å²) >= 11 is 3.78. The van der Waals surface area contributed by atoms with Gasteiger partial charge in [-0.25, -0.2) is 0 Å². The van der Waals surface area contributed by atoms with E-state index < -0.39 is 0 Å². The Bertz CT molecular complexity index is 1520. The second-order valence-electron chi connectivity index (χ2n) is 7.22. The monoisotopic (exact) mass is 421 g/mol. The lowest BCUT2D eigenvalue weighted by molar-refractivity contribution is 1.18. The molecule has 0 unspecified atom stereocenters. The van der Waals surface area contributed by atoms with E-state index in [4.69, 9.17) is 0 Å². The number of aromatic nitrogens is 1. The standard InChI is InChI=1S/C26H16BrN/c27-24-10-5-9-23-22-8-3-4-11-25(22)28(26(23)24)21-13-12-19-14-17-6-1-2-7-18(17)15-20(19)16-21/h1-16H. The fourth-order valence-corrected chi connectivity index (χ4v) is 4.86.